The highest BCUT2D eigenvalue weighted by atomic mass is 16.1. The number of Topliss-reactive ketones (excluding diaryl/α,β-unsaturated/α-hetero) is 1. The second-order valence-electron chi connectivity index (χ2n) is 7.14. The lowest BCUT2D eigenvalue weighted by Gasteiger charge is -2.23. The van der Waals surface area contributed by atoms with E-state index in [4.69, 9.17) is 5.73 Å². The molecule has 1 fully saturated rings. The van der Waals surface area contributed by atoms with Crippen molar-refractivity contribution in [2.24, 2.45) is 11.1 Å². The Morgan fingerprint density at radius 1 is 1.38 bits per heavy atom. The number of carbonyl (C=O) groups is 1. The summed E-state index contributed by atoms with van der Waals surface area (Å²) in [6.07, 6.45) is 10.1. The minimum atomic E-state index is 0.160. The molecule has 1 aromatic rings. The molecule has 118 valence electrons. The van der Waals surface area contributed by atoms with E-state index in [0.717, 1.165) is 18.5 Å². The average molecular weight is 291 g/mol. The third-order valence-corrected chi connectivity index (χ3v) is 4.64. The van der Waals surface area contributed by atoms with E-state index in [1.807, 2.05) is 12.3 Å². The first-order valence-electron chi connectivity index (χ1n) is 8.26. The number of nitrogens with zero attached hydrogens (tertiary/aromatic N) is 2. The van der Waals surface area contributed by atoms with E-state index in [-0.39, 0.29) is 11.2 Å². The second kappa shape index (κ2) is 7.21. The van der Waals surface area contributed by atoms with Crippen LogP contribution in [0.4, 0.5) is 0 Å². The molecule has 2 N–H and O–H groups in total. The van der Waals surface area contributed by atoms with E-state index in [2.05, 4.69) is 23.6 Å². The second-order valence-corrected chi connectivity index (χ2v) is 7.14. The summed E-state index contributed by atoms with van der Waals surface area (Å²) < 4.78 is 2.06. The van der Waals surface area contributed by atoms with Gasteiger partial charge in [0.25, 0.3) is 0 Å². The van der Waals surface area contributed by atoms with Crippen LogP contribution in [0.5, 0.6) is 0 Å². The van der Waals surface area contributed by atoms with Gasteiger partial charge in [-0.2, -0.15) is 5.10 Å². The van der Waals surface area contributed by atoms with Gasteiger partial charge in [-0.05, 0) is 43.7 Å². The third-order valence-electron chi connectivity index (χ3n) is 4.64. The highest BCUT2D eigenvalue weighted by molar-refractivity contribution is 5.80. The zero-order valence-electron chi connectivity index (χ0n) is 13.5. The molecule has 1 aromatic heterocycles. The largest absolute Gasteiger partial charge is 0.330 e. The van der Waals surface area contributed by atoms with Gasteiger partial charge >= 0.3 is 0 Å². The first-order valence-corrected chi connectivity index (χ1v) is 8.26. The molecule has 1 heterocycles. The van der Waals surface area contributed by atoms with E-state index in [1.54, 1.807) is 0 Å². The molecule has 4 heteroatoms. The molecule has 0 amide bonds. The topological polar surface area (TPSA) is 60.9 Å². The molecule has 0 saturated heterocycles. The van der Waals surface area contributed by atoms with Gasteiger partial charge in [0.2, 0.25) is 0 Å². The normalized spacial score (nSPS) is 16.5. The van der Waals surface area contributed by atoms with Gasteiger partial charge in [0.15, 0.2) is 0 Å². The number of nitrogens with two attached hydrogens (primary N) is 1. The predicted molar refractivity (Wildman–Crippen MR) is 85.1 cm³/mol. The molecular weight excluding hydrogens is 262 g/mol. The van der Waals surface area contributed by atoms with Crippen molar-refractivity contribution in [3.63, 3.8) is 0 Å². The lowest BCUT2D eigenvalue weighted by molar-refractivity contribution is -0.119. The first-order chi connectivity index (χ1) is 10.00. The summed E-state index contributed by atoms with van der Waals surface area (Å²) in [5.41, 5.74) is 6.69. The van der Waals surface area contributed by atoms with Crippen LogP contribution >= 0.6 is 0 Å². The van der Waals surface area contributed by atoms with E-state index < -0.39 is 0 Å². The van der Waals surface area contributed by atoms with Gasteiger partial charge in [-0.25, -0.2) is 0 Å². The molecule has 1 aliphatic carbocycles. The number of carbonyl (C=O) groups excluding carboxylic acids is 1. The summed E-state index contributed by atoms with van der Waals surface area (Å²) in [5.74, 6) is 0.289. The van der Waals surface area contributed by atoms with E-state index in [0.29, 0.717) is 25.4 Å². The molecule has 0 atom stereocenters. The van der Waals surface area contributed by atoms with Crippen molar-refractivity contribution in [1.82, 2.24) is 9.78 Å². The lowest BCUT2D eigenvalue weighted by Crippen LogP contribution is -2.19. The van der Waals surface area contributed by atoms with E-state index in [1.165, 1.54) is 25.7 Å². The van der Waals surface area contributed by atoms with Crippen molar-refractivity contribution in [3.05, 3.63) is 18.0 Å². The fraction of sp³-hybridized carbons (Fsp3) is 0.765. The maximum Gasteiger partial charge on any atom is 0.138 e. The molecule has 0 aromatic carbocycles. The Hall–Kier alpha value is -1.16. The number of ketones is 1. The monoisotopic (exact) mass is 291 g/mol. The maximum absolute atomic E-state index is 12.1. The SMILES string of the molecule is CC(C)(CCN)CCC(=O)Cc1ccn(C2CCCC2)n1. The van der Waals surface area contributed by atoms with Crippen molar-refractivity contribution in [1.29, 1.82) is 0 Å². The van der Waals surface area contributed by atoms with Crippen LogP contribution in [-0.4, -0.2) is 22.1 Å². The number of aromatic nitrogens is 2. The highest BCUT2D eigenvalue weighted by Crippen LogP contribution is 2.29. The smallest absolute Gasteiger partial charge is 0.138 e. The molecule has 4 nitrogen and oxygen atoms in total. The molecule has 0 spiro atoms. The van der Waals surface area contributed by atoms with Crippen LogP contribution in [0.2, 0.25) is 0 Å². The fourth-order valence-electron chi connectivity index (χ4n) is 3.13. The molecule has 0 bridgehead atoms. The molecule has 0 aliphatic heterocycles. The number of hydrogen-bond acceptors (Lipinski definition) is 3. The Balaban J connectivity index is 1.80. The van der Waals surface area contributed by atoms with Crippen LogP contribution in [0, 0.1) is 5.41 Å². The van der Waals surface area contributed by atoms with Gasteiger partial charge in [0.1, 0.15) is 5.78 Å². The van der Waals surface area contributed by atoms with E-state index >= 15 is 0 Å². The van der Waals surface area contributed by atoms with Crippen molar-refractivity contribution in [2.75, 3.05) is 6.54 Å². The fourth-order valence-corrected chi connectivity index (χ4v) is 3.13. The summed E-state index contributed by atoms with van der Waals surface area (Å²) in [6.45, 7) is 5.05. The van der Waals surface area contributed by atoms with Gasteiger partial charge in [-0.1, -0.05) is 26.7 Å². The molecule has 21 heavy (non-hydrogen) atoms. The predicted octanol–water partition coefficient (Wildman–Crippen LogP) is 3.27. The molecule has 2 rings (SSSR count). The van der Waals surface area contributed by atoms with Gasteiger partial charge in [-0.3, -0.25) is 9.48 Å². The van der Waals surface area contributed by atoms with Gasteiger partial charge in [-0.15, -0.1) is 0 Å². The quantitative estimate of drug-likeness (QED) is 0.799. The third kappa shape index (κ3) is 4.95. The van der Waals surface area contributed by atoms with Crippen LogP contribution in [0.25, 0.3) is 0 Å². The minimum absolute atomic E-state index is 0.160. The van der Waals surface area contributed by atoms with Crippen LogP contribution in [-0.2, 0) is 11.2 Å². The van der Waals surface area contributed by atoms with Crippen molar-refractivity contribution < 1.29 is 4.79 Å². The number of rotatable bonds is 8. The van der Waals surface area contributed by atoms with Crippen molar-refractivity contribution in [2.45, 2.75) is 71.3 Å². The molecule has 0 radical (unpaired) electrons. The Kier molecular flexibility index (Phi) is 5.57. The van der Waals surface area contributed by atoms with Crippen LogP contribution in [0.3, 0.4) is 0 Å². The molecule has 1 aliphatic rings. The first kappa shape index (κ1) is 16.2. The van der Waals surface area contributed by atoms with Crippen LogP contribution in [0.15, 0.2) is 12.3 Å². The van der Waals surface area contributed by atoms with Crippen molar-refractivity contribution >= 4 is 5.78 Å². The maximum atomic E-state index is 12.1. The Bertz CT molecular complexity index is 458. The van der Waals surface area contributed by atoms with Crippen LogP contribution < -0.4 is 5.73 Å². The minimum Gasteiger partial charge on any atom is -0.330 e. The van der Waals surface area contributed by atoms with Crippen LogP contribution in [0.1, 0.15) is 70.5 Å². The molecular formula is C17H29N3O. The Morgan fingerprint density at radius 2 is 2.10 bits per heavy atom. The lowest BCUT2D eigenvalue weighted by atomic mass is 9.83. The zero-order valence-corrected chi connectivity index (χ0v) is 13.5. The summed E-state index contributed by atoms with van der Waals surface area (Å²) >= 11 is 0. The number of hydrogen-bond donors (Lipinski definition) is 1. The summed E-state index contributed by atoms with van der Waals surface area (Å²) in [6, 6.07) is 2.55. The van der Waals surface area contributed by atoms with Crippen molar-refractivity contribution in [3.8, 4) is 0 Å². The summed E-state index contributed by atoms with van der Waals surface area (Å²) in [7, 11) is 0. The standard InChI is InChI=1S/C17H29N3O/c1-17(2,10-11-18)9-7-16(21)13-14-8-12-20(19-14)15-5-3-4-6-15/h8,12,15H,3-7,9-11,13,18H2,1-2H3. The Morgan fingerprint density at radius 3 is 2.76 bits per heavy atom. The van der Waals surface area contributed by atoms with E-state index in [9.17, 15) is 4.79 Å². The molecule has 0 unspecified atom stereocenters. The van der Waals surface area contributed by atoms with Gasteiger partial charge < -0.3 is 5.73 Å². The highest BCUT2D eigenvalue weighted by Gasteiger charge is 2.20. The van der Waals surface area contributed by atoms with Gasteiger partial charge in [0.05, 0.1) is 18.2 Å². The zero-order chi connectivity index (χ0) is 15.3. The Labute approximate surface area is 128 Å². The summed E-state index contributed by atoms with van der Waals surface area (Å²) in [4.78, 5) is 12.1. The summed E-state index contributed by atoms with van der Waals surface area (Å²) in [5, 5.41) is 4.59. The molecule has 1 saturated carbocycles. The average Bonchev–Trinajstić information content (AvgIpc) is 3.06. The van der Waals surface area contributed by atoms with Gasteiger partial charge in [0, 0.05) is 12.6 Å².